The van der Waals surface area contributed by atoms with E-state index in [0.717, 1.165) is 85.7 Å². The number of nitrogens with two attached hydrogens (primary N) is 3. The van der Waals surface area contributed by atoms with Gasteiger partial charge in [-0.05, 0) is 172 Å². The van der Waals surface area contributed by atoms with Gasteiger partial charge in [0, 0.05) is 55.1 Å². The first-order chi connectivity index (χ1) is 48.0. The van der Waals surface area contributed by atoms with Crippen molar-refractivity contribution in [2.24, 2.45) is 0 Å². The van der Waals surface area contributed by atoms with Crippen molar-refractivity contribution >= 4 is 35.2 Å². The molecule has 6 aromatic carbocycles. The number of carboxylic acids is 1. The van der Waals surface area contributed by atoms with Crippen LogP contribution in [0.2, 0.25) is 0 Å². The van der Waals surface area contributed by atoms with Crippen LogP contribution in [0.25, 0.3) is 0 Å². The molecule has 9 aromatic rings. The van der Waals surface area contributed by atoms with Gasteiger partial charge in [0.25, 0.3) is 11.8 Å². The number of nitrogens with one attached hydrogen (secondary N) is 1. The molecule has 524 valence electrons. The summed E-state index contributed by atoms with van der Waals surface area (Å²) in [5, 5.41) is 64.4. The number of carboxylic acid groups (broad SMARTS) is 1. The van der Waals surface area contributed by atoms with E-state index < -0.39 is 116 Å². The van der Waals surface area contributed by atoms with E-state index in [-0.39, 0.29) is 79.7 Å². The topological polar surface area (TPSA) is 334 Å². The molecular formula is C69H65F9N12O10. The van der Waals surface area contributed by atoms with E-state index in [0.29, 0.717) is 60.9 Å². The molecule has 6 atom stereocenters. The molecule has 3 aliphatic heterocycles. The lowest BCUT2D eigenvalue weighted by molar-refractivity contribution is 0.0460. The van der Waals surface area contributed by atoms with Gasteiger partial charge in [0.1, 0.15) is 69.6 Å². The van der Waals surface area contributed by atoms with Gasteiger partial charge in [0.05, 0.1) is 65.7 Å². The molecular weight excluding hydrogens is 1330 g/mol. The fourth-order valence-corrected chi connectivity index (χ4v) is 11.2. The summed E-state index contributed by atoms with van der Waals surface area (Å²) in [4.78, 5) is 39.3. The van der Waals surface area contributed by atoms with Crippen molar-refractivity contribution in [2.45, 2.75) is 74.4 Å². The van der Waals surface area contributed by atoms with Crippen LogP contribution in [-0.4, -0.2) is 136 Å². The van der Waals surface area contributed by atoms with Gasteiger partial charge < -0.3 is 67.0 Å². The minimum atomic E-state index is -1.58. The molecule has 3 aromatic heterocycles. The summed E-state index contributed by atoms with van der Waals surface area (Å²) in [7, 11) is 0. The van der Waals surface area contributed by atoms with Crippen molar-refractivity contribution in [1.29, 1.82) is 0 Å². The molecule has 11 N–H and O–H groups in total. The standard InChI is InChI=1S/2C23H21F3N4O3.C13H7F3O3.C10H16N4O/c2*24-14-1-3-16(4-2-14)33-21-11-18(25)17(10-19(21)26)23(32)30-8-7-13(9-15(30)12-31)20-5-6-22(27)29-28-20;14-7-1-3-8(4-2-7)19-12-6-10(15)9(13(17)18)5-11(12)16;11-10-2-1-9(13-14-10)7-3-4-12-8(5-7)6-15/h2*1-6,10-11,13,15,31H,7-9,12H2,(H2,27,29);1-6H,(H,17,18);1-2,7-8,12,15H,3-6H2,(H2,11,14)/t13-,15+;13-,15-;;7?,8-/m10.0/s1. The third kappa shape index (κ3) is 19.2. The summed E-state index contributed by atoms with van der Waals surface area (Å²) < 4.78 is 140. The summed E-state index contributed by atoms with van der Waals surface area (Å²) in [6.45, 7) is 0.840. The first kappa shape index (κ1) is 73.2. The number of anilines is 3. The van der Waals surface area contributed by atoms with E-state index >= 15 is 0 Å². The normalized spacial score (nSPS) is 18.0. The number of nitrogens with zero attached hydrogens (tertiary/aromatic N) is 8. The van der Waals surface area contributed by atoms with E-state index in [2.05, 4.69) is 35.9 Å². The fraction of sp³-hybridized carbons (Fsp3) is 0.261. The van der Waals surface area contributed by atoms with Crippen LogP contribution in [0.3, 0.4) is 0 Å². The SMILES string of the molecule is Nc1ccc(C2CCN[C@H](CO)C2)nn1.Nc1ccc([C@@H]2CCN(C(=O)c3cc(F)c(Oc4ccc(F)cc4)cc3F)[C@H](CO)C2)nn1.Nc1ccc([C@H]2CCN(C(=O)c3cc(F)c(Oc4ccc(F)cc4)cc3F)[C@H](CO)C2)nn1.O=C(O)c1cc(F)c(Oc2ccc(F)cc2)cc1F. The number of carbonyl (C=O) groups is 3. The van der Waals surface area contributed by atoms with Gasteiger partial charge in [0.2, 0.25) is 0 Å². The number of aliphatic hydroxyl groups excluding tert-OH is 3. The average Bonchev–Trinajstić information content (AvgIpc) is 0.799. The van der Waals surface area contributed by atoms with Crippen molar-refractivity contribution in [1.82, 2.24) is 45.7 Å². The van der Waals surface area contributed by atoms with Gasteiger partial charge >= 0.3 is 5.97 Å². The van der Waals surface area contributed by atoms with E-state index in [1.807, 2.05) is 6.07 Å². The van der Waals surface area contributed by atoms with Crippen LogP contribution in [0.4, 0.5) is 57.0 Å². The summed E-state index contributed by atoms with van der Waals surface area (Å²) >= 11 is 0. The van der Waals surface area contributed by atoms with E-state index in [1.54, 1.807) is 30.3 Å². The number of likely N-dealkylation sites (tertiary alicyclic amines) is 2. The number of hydrogen-bond acceptors (Lipinski definition) is 19. The average molecular weight is 1390 g/mol. The lowest BCUT2D eigenvalue weighted by Gasteiger charge is -2.38. The zero-order valence-corrected chi connectivity index (χ0v) is 52.8. The highest BCUT2D eigenvalue weighted by Crippen LogP contribution is 2.37. The van der Waals surface area contributed by atoms with Crippen LogP contribution < -0.4 is 36.7 Å². The van der Waals surface area contributed by atoms with Crippen LogP contribution in [0.1, 0.15) is 104 Å². The molecule has 3 fully saturated rings. The summed E-state index contributed by atoms with van der Waals surface area (Å²) in [5.74, 6) is -10.3. The minimum Gasteiger partial charge on any atom is -0.478 e. The second-order valence-corrected chi connectivity index (χ2v) is 23.1. The Morgan fingerprint density at radius 3 is 1.06 bits per heavy atom. The Balaban J connectivity index is 0.000000163. The van der Waals surface area contributed by atoms with Gasteiger partial charge in [0.15, 0.2) is 34.7 Å². The monoisotopic (exact) mass is 1390 g/mol. The Morgan fingerprint density at radius 1 is 0.420 bits per heavy atom. The number of carbonyl (C=O) groups excluding carboxylic acids is 2. The quantitative estimate of drug-likeness (QED) is 0.0442. The van der Waals surface area contributed by atoms with Crippen LogP contribution in [-0.2, 0) is 0 Å². The smallest absolute Gasteiger partial charge is 0.338 e. The van der Waals surface area contributed by atoms with Crippen molar-refractivity contribution in [2.75, 3.05) is 56.7 Å². The lowest BCUT2D eigenvalue weighted by Crippen LogP contribution is -2.47. The maximum atomic E-state index is 14.8. The van der Waals surface area contributed by atoms with E-state index in [4.69, 9.17) is 41.6 Å². The number of benzene rings is 6. The molecule has 0 aliphatic carbocycles. The Bertz CT molecular complexity index is 4080. The molecule has 6 heterocycles. The molecule has 0 bridgehead atoms. The molecule has 1 unspecified atom stereocenters. The maximum Gasteiger partial charge on any atom is 0.338 e. The summed E-state index contributed by atoms with van der Waals surface area (Å²) in [6, 6.07) is 27.9. The number of aliphatic hydroxyl groups is 3. The summed E-state index contributed by atoms with van der Waals surface area (Å²) in [5.41, 5.74) is 17.2. The zero-order valence-electron chi connectivity index (χ0n) is 52.8. The molecule has 0 radical (unpaired) electrons. The maximum absolute atomic E-state index is 14.8. The Labute approximate surface area is 564 Å². The molecule has 12 rings (SSSR count). The highest BCUT2D eigenvalue weighted by Gasteiger charge is 2.37. The third-order valence-electron chi connectivity index (χ3n) is 16.3. The van der Waals surface area contributed by atoms with Gasteiger partial charge in [-0.3, -0.25) is 9.59 Å². The number of hydrogen-bond donors (Lipinski definition) is 8. The Morgan fingerprint density at radius 2 is 0.750 bits per heavy atom. The van der Waals surface area contributed by atoms with Crippen LogP contribution in [0.5, 0.6) is 34.5 Å². The van der Waals surface area contributed by atoms with Crippen molar-refractivity contribution < 1.29 is 88.5 Å². The number of halogens is 9. The van der Waals surface area contributed by atoms with Gasteiger partial charge in [-0.15, -0.1) is 15.3 Å². The van der Waals surface area contributed by atoms with Gasteiger partial charge in [-0.2, -0.15) is 15.3 Å². The zero-order chi connectivity index (χ0) is 71.7. The molecule has 3 aliphatic rings. The van der Waals surface area contributed by atoms with E-state index in [1.165, 1.54) is 46.2 Å². The molecule has 31 heteroatoms. The molecule has 100 heavy (non-hydrogen) atoms. The molecule has 22 nitrogen and oxygen atoms in total. The first-order valence-corrected chi connectivity index (χ1v) is 30.9. The third-order valence-corrected chi connectivity index (χ3v) is 16.3. The number of amides is 2. The number of aromatic nitrogens is 6. The lowest BCUT2D eigenvalue weighted by atomic mass is 9.88. The number of nitrogen functional groups attached to an aromatic ring is 3. The van der Waals surface area contributed by atoms with Crippen LogP contribution in [0.15, 0.2) is 146 Å². The predicted octanol–water partition coefficient (Wildman–Crippen LogP) is 10.8. The highest BCUT2D eigenvalue weighted by molar-refractivity contribution is 5.96. The highest BCUT2D eigenvalue weighted by atomic mass is 19.2. The van der Waals surface area contributed by atoms with Gasteiger partial charge in [-0.1, -0.05) is 0 Å². The van der Waals surface area contributed by atoms with Gasteiger partial charge in [-0.25, -0.2) is 44.3 Å². The number of aromatic carboxylic acids is 1. The first-order valence-electron chi connectivity index (χ1n) is 30.9. The second kappa shape index (κ2) is 34.0. The second-order valence-electron chi connectivity index (χ2n) is 23.1. The van der Waals surface area contributed by atoms with Crippen molar-refractivity contribution in [3.8, 4) is 34.5 Å². The molecule has 3 saturated heterocycles. The molecule has 2 amide bonds. The van der Waals surface area contributed by atoms with Crippen LogP contribution in [0, 0.1) is 52.4 Å². The molecule has 0 saturated carbocycles. The number of ether oxygens (including phenoxy) is 3. The number of piperidine rings is 3. The van der Waals surface area contributed by atoms with Crippen molar-refractivity contribution in [3.63, 3.8) is 0 Å². The van der Waals surface area contributed by atoms with Crippen molar-refractivity contribution in [3.05, 3.63) is 232 Å². The van der Waals surface area contributed by atoms with E-state index in [9.17, 15) is 64.1 Å². The Kier molecular flexibility index (Phi) is 24.9. The minimum absolute atomic E-state index is 0.0626. The predicted molar refractivity (Wildman–Crippen MR) is 343 cm³/mol. The molecule has 0 spiro atoms. The largest absolute Gasteiger partial charge is 0.478 e. The Hall–Kier alpha value is -11.0. The number of rotatable bonds is 15. The van der Waals surface area contributed by atoms with Crippen LogP contribution >= 0.6 is 0 Å². The fourth-order valence-electron chi connectivity index (χ4n) is 11.2. The summed E-state index contributed by atoms with van der Waals surface area (Å²) in [6.07, 6.45) is 3.74.